The molecule has 0 atom stereocenters. The predicted molar refractivity (Wildman–Crippen MR) is 55.4 cm³/mol. The second-order valence-corrected chi connectivity index (χ2v) is 4.22. The van der Waals surface area contributed by atoms with Crippen LogP contribution in [-0.4, -0.2) is 11.5 Å². The largest absolute Gasteiger partial charge is 0.290 e. The van der Waals surface area contributed by atoms with E-state index >= 15 is 0 Å². The van der Waals surface area contributed by atoms with Gasteiger partial charge in [-0.1, -0.05) is 0 Å². The Hall–Kier alpha value is -1.25. The minimum Gasteiger partial charge on any atom is -0.290 e. The molecule has 0 fully saturated rings. The number of halogens is 2. The Balaban J connectivity index is 3.28. The lowest BCUT2D eigenvalue weighted by Gasteiger charge is -2.14. The highest BCUT2D eigenvalue weighted by molar-refractivity contribution is 6.02. The maximum Gasteiger partial charge on any atom is 0.202 e. The summed E-state index contributed by atoms with van der Waals surface area (Å²) in [4.78, 5) is 11.5. The first-order valence-corrected chi connectivity index (χ1v) is 4.74. The van der Waals surface area contributed by atoms with E-state index < -0.39 is 17.3 Å². The molecule has 1 aromatic rings. The molecule has 0 spiro atoms. The minimum absolute atomic E-state index is 0.175. The lowest BCUT2D eigenvalue weighted by atomic mass is 9.95. The smallest absolute Gasteiger partial charge is 0.202 e. The summed E-state index contributed by atoms with van der Waals surface area (Å²) in [5, 5.41) is 0. The van der Waals surface area contributed by atoms with Crippen molar-refractivity contribution in [2.24, 2.45) is 0 Å². The summed E-state index contributed by atoms with van der Waals surface area (Å²) in [7, 11) is 0. The van der Waals surface area contributed by atoms with Crippen molar-refractivity contribution in [3.05, 3.63) is 34.6 Å². The van der Waals surface area contributed by atoms with E-state index in [0.717, 1.165) is 25.0 Å². The molecule has 0 N–H and O–H groups in total. The molecule has 0 aromatic heterocycles. The molecule has 3 heteroatoms. The topological polar surface area (TPSA) is 17.1 Å². The van der Waals surface area contributed by atoms with Crippen LogP contribution in [0.3, 0.4) is 0 Å². The van der Waals surface area contributed by atoms with Gasteiger partial charge in [0.25, 0.3) is 0 Å². The lowest BCUT2D eigenvalue weighted by molar-refractivity contribution is 0.0755. The number of rotatable bonds is 2. The molecule has 0 saturated heterocycles. The molecule has 0 aliphatic carbocycles. The number of carbonyl (C=O) groups excluding carboxylic acids is 1. The summed E-state index contributed by atoms with van der Waals surface area (Å²) in [5.74, 6) is -1.48. The molecule has 0 amide bonds. The van der Waals surface area contributed by atoms with Crippen LogP contribution >= 0.6 is 0 Å². The fourth-order valence-electron chi connectivity index (χ4n) is 1.28. The fraction of sp³-hybridized carbons (Fsp3) is 0.417. The van der Waals surface area contributed by atoms with E-state index in [0.29, 0.717) is 0 Å². The van der Waals surface area contributed by atoms with Crippen LogP contribution in [0.25, 0.3) is 0 Å². The molecule has 1 nitrogen and oxygen atoms in total. The van der Waals surface area contributed by atoms with Crippen LogP contribution in [-0.2, 0) is 0 Å². The Morgan fingerprint density at radius 1 is 1.20 bits per heavy atom. The first kappa shape index (κ1) is 11.8. The van der Waals surface area contributed by atoms with Crippen LogP contribution in [0.5, 0.6) is 0 Å². The molecule has 0 radical (unpaired) electrons. The Labute approximate surface area is 88.1 Å². The molecule has 0 saturated carbocycles. The third-order valence-corrected chi connectivity index (χ3v) is 2.37. The standard InChI is InChI=1S/C12H14F2O/c1-7-5-9(10(13)6-8(7)2)11(15)12(3,4)14/h5-6H,1-4H3. The second-order valence-electron chi connectivity index (χ2n) is 4.22. The molecule has 1 rings (SSSR count). The van der Waals surface area contributed by atoms with Crippen LogP contribution in [0.15, 0.2) is 12.1 Å². The molecule has 0 aliphatic heterocycles. The molecule has 1 aromatic carbocycles. The number of hydrogen-bond donors (Lipinski definition) is 0. The number of benzene rings is 1. The van der Waals surface area contributed by atoms with Gasteiger partial charge in [0.1, 0.15) is 5.82 Å². The van der Waals surface area contributed by atoms with E-state index in [1.54, 1.807) is 13.8 Å². The normalized spacial score (nSPS) is 11.6. The van der Waals surface area contributed by atoms with Crippen LogP contribution in [0.1, 0.15) is 35.3 Å². The quantitative estimate of drug-likeness (QED) is 0.687. The zero-order valence-corrected chi connectivity index (χ0v) is 9.32. The van der Waals surface area contributed by atoms with Gasteiger partial charge in [0, 0.05) is 0 Å². The van der Waals surface area contributed by atoms with Crippen molar-refractivity contribution in [3.8, 4) is 0 Å². The monoisotopic (exact) mass is 212 g/mol. The zero-order valence-electron chi connectivity index (χ0n) is 9.32. The SMILES string of the molecule is Cc1cc(F)c(C(=O)C(C)(C)F)cc1C. The van der Waals surface area contributed by atoms with Crippen LogP contribution in [0.4, 0.5) is 8.78 Å². The maximum atomic E-state index is 13.4. The van der Waals surface area contributed by atoms with E-state index in [1.807, 2.05) is 0 Å². The van der Waals surface area contributed by atoms with Crippen LogP contribution in [0, 0.1) is 19.7 Å². The fourth-order valence-corrected chi connectivity index (χ4v) is 1.28. The average Bonchev–Trinajstić information content (AvgIpc) is 2.08. The summed E-state index contributed by atoms with van der Waals surface area (Å²) in [5.41, 5.74) is -0.682. The first-order valence-electron chi connectivity index (χ1n) is 4.74. The number of carbonyl (C=O) groups is 1. The van der Waals surface area contributed by atoms with Crippen LogP contribution in [0.2, 0.25) is 0 Å². The number of hydrogen-bond acceptors (Lipinski definition) is 1. The van der Waals surface area contributed by atoms with Crippen molar-refractivity contribution in [2.75, 3.05) is 0 Å². The van der Waals surface area contributed by atoms with Gasteiger partial charge in [-0.15, -0.1) is 0 Å². The van der Waals surface area contributed by atoms with Crippen molar-refractivity contribution in [2.45, 2.75) is 33.4 Å². The molecule has 0 aliphatic rings. The highest BCUT2D eigenvalue weighted by Crippen LogP contribution is 2.22. The predicted octanol–water partition coefficient (Wildman–Crippen LogP) is 3.37. The Bertz CT molecular complexity index is 403. The third-order valence-electron chi connectivity index (χ3n) is 2.37. The molecule has 0 bridgehead atoms. The van der Waals surface area contributed by atoms with Crippen molar-refractivity contribution in [1.82, 2.24) is 0 Å². The van der Waals surface area contributed by atoms with E-state index in [4.69, 9.17) is 0 Å². The molecule has 82 valence electrons. The first-order chi connectivity index (χ1) is 6.73. The lowest BCUT2D eigenvalue weighted by Crippen LogP contribution is -2.27. The summed E-state index contributed by atoms with van der Waals surface area (Å²) in [6.07, 6.45) is 0. The number of ketones is 1. The second kappa shape index (κ2) is 3.72. The summed E-state index contributed by atoms with van der Waals surface area (Å²) < 4.78 is 26.8. The van der Waals surface area contributed by atoms with Crippen LogP contribution < -0.4 is 0 Å². The van der Waals surface area contributed by atoms with E-state index in [2.05, 4.69) is 0 Å². The maximum absolute atomic E-state index is 13.4. The summed E-state index contributed by atoms with van der Waals surface area (Å²) in [6, 6.07) is 2.66. The highest BCUT2D eigenvalue weighted by Gasteiger charge is 2.30. The average molecular weight is 212 g/mol. The highest BCUT2D eigenvalue weighted by atomic mass is 19.1. The number of alkyl halides is 1. The molecular weight excluding hydrogens is 198 g/mol. The summed E-state index contributed by atoms with van der Waals surface area (Å²) >= 11 is 0. The van der Waals surface area contributed by atoms with Gasteiger partial charge in [0.2, 0.25) is 5.78 Å². The zero-order chi connectivity index (χ0) is 11.8. The van der Waals surface area contributed by atoms with Crippen molar-refractivity contribution in [1.29, 1.82) is 0 Å². The van der Waals surface area contributed by atoms with Gasteiger partial charge in [0.15, 0.2) is 5.67 Å². The van der Waals surface area contributed by atoms with Crippen molar-refractivity contribution < 1.29 is 13.6 Å². The van der Waals surface area contributed by atoms with Gasteiger partial charge in [-0.2, -0.15) is 0 Å². The molecule has 0 unspecified atom stereocenters. The van der Waals surface area contributed by atoms with Gasteiger partial charge in [-0.25, -0.2) is 8.78 Å². The van der Waals surface area contributed by atoms with Crippen molar-refractivity contribution in [3.63, 3.8) is 0 Å². The Kier molecular flexibility index (Phi) is 2.93. The van der Waals surface area contributed by atoms with Gasteiger partial charge in [-0.3, -0.25) is 4.79 Å². The number of aryl methyl sites for hydroxylation is 2. The third kappa shape index (κ3) is 2.41. The molecule has 0 heterocycles. The summed E-state index contributed by atoms with van der Waals surface area (Å²) in [6.45, 7) is 5.76. The van der Waals surface area contributed by atoms with E-state index in [9.17, 15) is 13.6 Å². The Morgan fingerprint density at radius 3 is 2.13 bits per heavy atom. The van der Waals surface area contributed by atoms with Gasteiger partial charge in [0.05, 0.1) is 5.56 Å². The minimum atomic E-state index is -2.04. The molecular formula is C12H14F2O. The van der Waals surface area contributed by atoms with Gasteiger partial charge in [-0.05, 0) is 51.0 Å². The van der Waals surface area contributed by atoms with Gasteiger partial charge >= 0.3 is 0 Å². The molecule has 15 heavy (non-hydrogen) atoms. The Morgan fingerprint density at radius 2 is 1.67 bits per heavy atom. The van der Waals surface area contributed by atoms with Crippen molar-refractivity contribution >= 4 is 5.78 Å². The van der Waals surface area contributed by atoms with Gasteiger partial charge < -0.3 is 0 Å². The van der Waals surface area contributed by atoms with E-state index in [1.165, 1.54) is 12.1 Å². The number of Topliss-reactive ketones (excluding diaryl/α,β-unsaturated/α-hetero) is 1. The van der Waals surface area contributed by atoms with E-state index in [-0.39, 0.29) is 5.56 Å².